The predicted molar refractivity (Wildman–Crippen MR) is 367 cm³/mol. The van der Waals surface area contributed by atoms with Gasteiger partial charge in [0.2, 0.25) is 0 Å². The molecule has 0 radical (unpaired) electrons. The highest BCUT2D eigenvalue weighted by atomic mass is 16.5. The summed E-state index contributed by atoms with van der Waals surface area (Å²) < 4.78 is 150. The zero-order valence-electron chi connectivity index (χ0n) is 65.8. The van der Waals surface area contributed by atoms with Crippen LogP contribution < -0.4 is 14.5 Å². The molecule has 2 aliphatic rings. The molecule has 87 heavy (non-hydrogen) atoms. The average molecular weight is 1150 g/mol. The van der Waals surface area contributed by atoms with Crippen molar-refractivity contribution in [2.24, 2.45) is 0 Å². The summed E-state index contributed by atoms with van der Waals surface area (Å²) in [5.41, 5.74) is 7.46. The highest BCUT2D eigenvalue weighted by Crippen LogP contribution is 2.54. The van der Waals surface area contributed by atoms with Gasteiger partial charge in [-0.2, -0.15) is 0 Å². The van der Waals surface area contributed by atoms with Crippen LogP contribution in [0.5, 0.6) is 11.5 Å². The average Bonchev–Trinajstić information content (AvgIpc) is 1.08. The van der Waals surface area contributed by atoms with Crippen molar-refractivity contribution in [3.05, 3.63) is 265 Å². The molecular weight excluding hydrogens is 1060 g/mol. The first-order chi connectivity index (χ1) is 48.1. The number of pyridine rings is 1. The Kier molecular flexibility index (Phi) is 9.94. The maximum Gasteiger partial charge on any atom is 0.137 e. The number of hydrogen-bond donors (Lipinski definition) is 0. The Bertz CT molecular complexity index is 5430. The summed E-state index contributed by atoms with van der Waals surface area (Å²) >= 11 is 0. The van der Waals surface area contributed by atoms with Crippen molar-refractivity contribution < 1.29 is 25.3 Å². The van der Waals surface area contributed by atoms with Crippen molar-refractivity contribution in [2.45, 2.75) is 104 Å². The molecule has 0 saturated carbocycles. The van der Waals surface area contributed by atoms with Gasteiger partial charge in [0.05, 0.1) is 48.7 Å². The number of fused-ring (bicyclic) bond motifs is 5. The molecule has 10 aromatic carbocycles. The molecule has 3 heterocycles. The van der Waals surface area contributed by atoms with E-state index >= 15 is 0 Å². The van der Waals surface area contributed by atoms with Gasteiger partial charge >= 0.3 is 0 Å². The molecule has 12 aromatic rings. The molecule has 0 spiro atoms. The first-order valence-electron chi connectivity index (χ1n) is 37.3. The molecule has 0 atom stereocenters. The second-order valence-electron chi connectivity index (χ2n) is 26.3. The molecule has 0 amide bonds. The van der Waals surface area contributed by atoms with E-state index < -0.39 is 64.0 Å². The van der Waals surface area contributed by atoms with E-state index in [9.17, 15) is 11.0 Å². The molecule has 0 fully saturated rings. The van der Waals surface area contributed by atoms with Gasteiger partial charge in [0.15, 0.2) is 0 Å². The van der Waals surface area contributed by atoms with Gasteiger partial charge in [0, 0.05) is 51.5 Å². The Morgan fingerprint density at radius 2 is 1.07 bits per heavy atom. The van der Waals surface area contributed by atoms with Crippen molar-refractivity contribution in [3.63, 3.8) is 0 Å². The number of nitrogens with zero attached hydrogens (tertiary/aromatic N) is 4. The smallest absolute Gasteiger partial charge is 0.137 e. The maximum atomic E-state index is 10.6. The van der Waals surface area contributed by atoms with Gasteiger partial charge in [-0.3, -0.25) is 4.57 Å². The Morgan fingerprint density at radius 1 is 0.460 bits per heavy atom. The van der Waals surface area contributed by atoms with E-state index in [1.165, 1.54) is 6.20 Å². The van der Waals surface area contributed by atoms with Crippen LogP contribution in [0.4, 0.5) is 22.7 Å². The molecule has 2 aromatic heterocycles. The molecule has 14 rings (SSSR count). The van der Waals surface area contributed by atoms with E-state index in [1.807, 2.05) is 142 Å². The number of rotatable bonds is 10. The van der Waals surface area contributed by atoms with Crippen LogP contribution in [-0.2, 0) is 21.7 Å². The molecule has 5 heteroatoms. The standard InChI is InChI=1S/C82H76N4O/c1-79(2,3)61-47-67(57-37-40-70-72(46-57)82(9,10)42-41-81(70,7)8)78(68(48-61)60-44-58(54-25-14-11-15-26-54)43-59(45-60)55-27-16-12-17-28-55)85-53-84(74-35-22-23-36-75(74)85)62-31-24-32-63(49-62)87-64-38-39-66-65-33-20-21-34-73(65)86(76(66)50-64)77-51-71(80(4,5)6)69(52-83-77)56-29-18-13-19-30-56/h11-40,43-52H,41-42,53H2,1-10H3/i13D,18D,19D,20D,21D,29D,30D,33D,34D,37D,40D,43D,44D,45D,46D. The lowest BCUT2D eigenvalue weighted by atomic mass is 9.63. The largest absolute Gasteiger partial charge is 0.457 e. The van der Waals surface area contributed by atoms with Gasteiger partial charge in [-0.1, -0.05) is 215 Å². The molecule has 0 saturated heterocycles. The monoisotopic (exact) mass is 1150 g/mol. The molecule has 1 aliphatic heterocycles. The lowest BCUT2D eigenvalue weighted by molar-refractivity contribution is 0.332. The Balaban J connectivity index is 0.963. The number of anilines is 4. The number of hydrogen-bond acceptors (Lipinski definition) is 4. The van der Waals surface area contributed by atoms with Gasteiger partial charge in [-0.15, -0.1) is 0 Å². The summed E-state index contributed by atoms with van der Waals surface area (Å²) in [6, 6.07) is 41.7. The van der Waals surface area contributed by atoms with Gasteiger partial charge in [0.1, 0.15) is 24.0 Å². The van der Waals surface area contributed by atoms with Gasteiger partial charge < -0.3 is 14.5 Å². The Hall–Kier alpha value is -9.45. The Morgan fingerprint density at radius 3 is 1.75 bits per heavy atom. The second-order valence-corrected chi connectivity index (χ2v) is 26.3. The van der Waals surface area contributed by atoms with Crippen molar-refractivity contribution in [3.8, 4) is 73.0 Å². The third-order valence-electron chi connectivity index (χ3n) is 17.4. The van der Waals surface area contributed by atoms with Gasteiger partial charge in [-0.25, -0.2) is 4.98 Å². The van der Waals surface area contributed by atoms with Crippen LogP contribution in [0.2, 0.25) is 0 Å². The number of para-hydroxylation sites is 3. The predicted octanol–water partition coefficient (Wildman–Crippen LogP) is 22.5. The van der Waals surface area contributed by atoms with Crippen LogP contribution in [0.15, 0.2) is 242 Å². The molecule has 1 aliphatic carbocycles. The number of ether oxygens (including phenoxy) is 1. The second kappa shape index (κ2) is 21.2. The first-order valence-corrected chi connectivity index (χ1v) is 29.8. The molecule has 430 valence electrons. The minimum absolute atomic E-state index is 0.0225. The number of benzene rings is 10. The SMILES string of the molecule is [2H]c1c([2H])c([2H])c(-c2cnc(-n3c4cc(Oc5cccc(N6CN(c7c(-c8c([2H])c(-c9ccccc9)c([2H])c(-c9ccccc9)c8[2H])cc(C(C)(C)C)cc7-c7c([2H])c([2H])c8c(c7[2H])C(C)(C)CCC8(C)C)c7ccccc76)c5)ccc4c4c([2H])c([2H])c([2H])c([2H])c43)cc2C(C)(C)C)c([2H])c1[2H]. The fourth-order valence-electron chi connectivity index (χ4n) is 12.5. The third-order valence-corrected chi connectivity index (χ3v) is 17.4. The summed E-state index contributed by atoms with van der Waals surface area (Å²) in [4.78, 5) is 9.15. The quantitative estimate of drug-likeness (QED) is 0.137. The van der Waals surface area contributed by atoms with Crippen LogP contribution in [-0.4, -0.2) is 16.2 Å². The van der Waals surface area contributed by atoms with E-state index in [0.717, 1.165) is 35.3 Å². The molecular formula is C82H76N4O. The zero-order chi connectivity index (χ0) is 73.0. The summed E-state index contributed by atoms with van der Waals surface area (Å²) in [6.07, 6.45) is 2.98. The summed E-state index contributed by atoms with van der Waals surface area (Å²) in [6.45, 7) is 20.6. The lowest BCUT2D eigenvalue weighted by Crippen LogP contribution is -2.33. The minimum Gasteiger partial charge on any atom is -0.457 e. The number of aromatic nitrogens is 2. The van der Waals surface area contributed by atoms with Gasteiger partial charge in [-0.05, 0) is 174 Å². The molecule has 0 N–H and O–H groups in total. The highest BCUT2D eigenvalue weighted by Gasteiger charge is 2.39. The van der Waals surface area contributed by atoms with Crippen LogP contribution >= 0.6 is 0 Å². The fourth-order valence-corrected chi connectivity index (χ4v) is 12.5. The van der Waals surface area contributed by atoms with Crippen LogP contribution in [0.1, 0.15) is 125 Å². The van der Waals surface area contributed by atoms with Crippen LogP contribution in [0.3, 0.4) is 0 Å². The highest BCUT2D eigenvalue weighted by molar-refractivity contribution is 6.09. The van der Waals surface area contributed by atoms with Crippen molar-refractivity contribution in [2.75, 3.05) is 16.5 Å². The van der Waals surface area contributed by atoms with E-state index in [2.05, 4.69) is 58.3 Å². The normalized spacial score (nSPS) is 17.0. The third kappa shape index (κ3) is 10.2. The summed E-state index contributed by atoms with van der Waals surface area (Å²) in [5, 5.41) is 0.720. The van der Waals surface area contributed by atoms with E-state index in [1.54, 1.807) is 28.8 Å². The maximum absolute atomic E-state index is 10.6. The van der Waals surface area contributed by atoms with E-state index in [-0.39, 0.29) is 88.4 Å². The minimum atomic E-state index is -0.716. The van der Waals surface area contributed by atoms with Gasteiger partial charge in [0.25, 0.3) is 0 Å². The van der Waals surface area contributed by atoms with E-state index in [0.29, 0.717) is 83.8 Å². The first kappa shape index (κ1) is 40.8. The topological polar surface area (TPSA) is 33.5 Å². The van der Waals surface area contributed by atoms with Crippen molar-refractivity contribution in [1.82, 2.24) is 9.55 Å². The fraction of sp³-hybridized carbons (Fsp3) is 0.207. The molecule has 0 unspecified atom stereocenters. The Labute approximate surface area is 535 Å². The summed E-state index contributed by atoms with van der Waals surface area (Å²) in [5.74, 6) is 0.997. The van der Waals surface area contributed by atoms with Crippen LogP contribution in [0, 0.1) is 0 Å². The zero-order valence-corrected chi connectivity index (χ0v) is 50.8. The molecule has 0 bridgehead atoms. The van der Waals surface area contributed by atoms with Crippen molar-refractivity contribution >= 4 is 44.6 Å². The lowest BCUT2D eigenvalue weighted by Gasteiger charge is -2.42. The molecule has 5 nitrogen and oxygen atoms in total. The summed E-state index contributed by atoms with van der Waals surface area (Å²) in [7, 11) is 0. The van der Waals surface area contributed by atoms with E-state index in [4.69, 9.17) is 19.3 Å². The van der Waals surface area contributed by atoms with Crippen molar-refractivity contribution in [1.29, 1.82) is 0 Å². The van der Waals surface area contributed by atoms with Crippen LogP contribution in [0.25, 0.3) is 83.3 Å².